The van der Waals surface area contributed by atoms with Gasteiger partial charge in [-0.1, -0.05) is 12.1 Å². The number of nitrogens with one attached hydrogen (secondary N) is 1. The van der Waals surface area contributed by atoms with Crippen LogP contribution in [0, 0.1) is 12.7 Å². The van der Waals surface area contributed by atoms with Crippen molar-refractivity contribution in [2.75, 3.05) is 6.54 Å². The normalized spacial score (nSPS) is 17.6. The number of aromatic amines is 1. The fourth-order valence-electron chi connectivity index (χ4n) is 5.17. The van der Waals surface area contributed by atoms with Gasteiger partial charge < -0.3 is 14.8 Å². The summed E-state index contributed by atoms with van der Waals surface area (Å²) in [6.07, 6.45) is 2.28. The van der Waals surface area contributed by atoms with Crippen LogP contribution < -0.4 is 0 Å². The molecule has 0 fully saturated rings. The molecule has 1 aromatic carbocycles. The Balaban J connectivity index is 1.31. The van der Waals surface area contributed by atoms with E-state index in [9.17, 15) is 14.0 Å². The quantitative estimate of drug-likeness (QED) is 0.495. The van der Waals surface area contributed by atoms with Crippen molar-refractivity contribution in [2.45, 2.75) is 45.9 Å². The maximum atomic E-state index is 14.3. The number of nitrogens with zero attached hydrogens (tertiary/aromatic N) is 5. The first kappa shape index (κ1) is 21.5. The molecule has 9 heteroatoms. The molecule has 1 atom stereocenters. The Morgan fingerprint density at radius 1 is 1.23 bits per heavy atom. The van der Waals surface area contributed by atoms with E-state index in [-0.39, 0.29) is 30.2 Å². The van der Waals surface area contributed by atoms with Gasteiger partial charge in [-0.25, -0.2) is 4.39 Å². The Kier molecular flexibility index (Phi) is 4.94. The molecule has 0 aliphatic carbocycles. The number of pyridine rings is 1. The second-order valence-corrected chi connectivity index (χ2v) is 9.37. The lowest BCUT2D eigenvalue weighted by molar-refractivity contribution is 0.0633. The van der Waals surface area contributed by atoms with Crippen molar-refractivity contribution in [3.63, 3.8) is 0 Å². The maximum absolute atomic E-state index is 14.3. The average Bonchev–Trinajstić information content (AvgIpc) is 3.46. The molecule has 6 rings (SSSR count). The number of aryl methyl sites for hydroxylation is 1. The first-order chi connectivity index (χ1) is 16.9. The topological polar surface area (TPSA) is 87.1 Å². The highest BCUT2D eigenvalue weighted by Crippen LogP contribution is 2.31. The Labute approximate surface area is 201 Å². The van der Waals surface area contributed by atoms with E-state index in [4.69, 9.17) is 5.10 Å². The van der Waals surface area contributed by atoms with E-state index in [2.05, 4.69) is 9.97 Å². The third-order valence-corrected chi connectivity index (χ3v) is 7.09. The summed E-state index contributed by atoms with van der Waals surface area (Å²) in [7, 11) is 0. The van der Waals surface area contributed by atoms with Crippen LogP contribution in [0.3, 0.4) is 0 Å². The van der Waals surface area contributed by atoms with Crippen LogP contribution in [0.15, 0.2) is 42.6 Å². The Hall–Kier alpha value is -4.01. The number of hydrogen-bond donors (Lipinski definition) is 1. The Morgan fingerprint density at radius 2 is 2.09 bits per heavy atom. The van der Waals surface area contributed by atoms with E-state index >= 15 is 0 Å². The zero-order valence-corrected chi connectivity index (χ0v) is 19.6. The van der Waals surface area contributed by atoms with Crippen LogP contribution in [0.5, 0.6) is 0 Å². The molecule has 4 aromatic rings. The standard InChI is InChI=1S/C26H25FN6O2/c1-15-6-7-20(27)23-18(15)12-22(29-23)25(34)32-14-19-21(11-16(32)2)30-33-10-9-31(26(35)24(19)33)13-17-5-3-4-8-28-17/h3-8,12,16,29H,9-11,13-14H2,1-2H3/t16-/m1/s1. The van der Waals surface area contributed by atoms with E-state index < -0.39 is 0 Å². The summed E-state index contributed by atoms with van der Waals surface area (Å²) in [6.45, 7) is 5.73. The van der Waals surface area contributed by atoms with Gasteiger partial charge in [0.05, 0.1) is 36.5 Å². The number of halogens is 1. The van der Waals surface area contributed by atoms with Crippen LogP contribution in [0.25, 0.3) is 10.9 Å². The van der Waals surface area contributed by atoms with Gasteiger partial charge in [0.1, 0.15) is 17.2 Å². The third kappa shape index (κ3) is 3.50. The van der Waals surface area contributed by atoms with Gasteiger partial charge >= 0.3 is 0 Å². The molecule has 178 valence electrons. The van der Waals surface area contributed by atoms with Gasteiger partial charge in [-0.15, -0.1) is 0 Å². The van der Waals surface area contributed by atoms with Crippen molar-refractivity contribution in [2.24, 2.45) is 0 Å². The van der Waals surface area contributed by atoms with E-state index in [1.807, 2.05) is 32.0 Å². The lowest BCUT2D eigenvalue weighted by atomic mass is 9.98. The smallest absolute Gasteiger partial charge is 0.272 e. The first-order valence-corrected chi connectivity index (χ1v) is 11.8. The number of carbonyl (C=O) groups is 2. The number of hydrogen-bond acceptors (Lipinski definition) is 4. The molecule has 0 saturated carbocycles. The molecule has 0 unspecified atom stereocenters. The SMILES string of the molecule is Cc1ccc(F)c2[nH]c(C(=O)N3Cc4c(nn5c4C(=O)N(Cc4ccccn4)CC5)C[C@H]3C)cc12. The van der Waals surface area contributed by atoms with Gasteiger partial charge in [-0.3, -0.25) is 19.3 Å². The molecular weight excluding hydrogens is 447 g/mol. The van der Waals surface area contributed by atoms with Crippen LogP contribution in [0.4, 0.5) is 4.39 Å². The van der Waals surface area contributed by atoms with Crippen molar-refractivity contribution in [3.05, 3.63) is 82.3 Å². The molecule has 3 aromatic heterocycles. The Bertz CT molecular complexity index is 1440. The number of carbonyl (C=O) groups excluding carboxylic acids is 2. The summed E-state index contributed by atoms with van der Waals surface area (Å²) in [5, 5.41) is 5.41. The van der Waals surface area contributed by atoms with Gasteiger partial charge in [0, 0.05) is 36.2 Å². The lowest BCUT2D eigenvalue weighted by Gasteiger charge is -2.33. The number of aromatic nitrogens is 4. The first-order valence-electron chi connectivity index (χ1n) is 11.8. The maximum Gasteiger partial charge on any atom is 0.272 e. The van der Waals surface area contributed by atoms with Crippen LogP contribution >= 0.6 is 0 Å². The average molecular weight is 473 g/mol. The second-order valence-electron chi connectivity index (χ2n) is 9.37. The predicted molar refractivity (Wildman–Crippen MR) is 127 cm³/mol. The van der Waals surface area contributed by atoms with E-state index in [1.54, 1.807) is 32.8 Å². The summed E-state index contributed by atoms with van der Waals surface area (Å²) in [6, 6.07) is 10.4. The minimum Gasteiger partial charge on any atom is -0.348 e. The number of rotatable bonds is 3. The highest BCUT2D eigenvalue weighted by atomic mass is 19.1. The summed E-state index contributed by atoms with van der Waals surface area (Å²) in [4.78, 5) is 37.8. The lowest BCUT2D eigenvalue weighted by Crippen LogP contribution is -2.44. The molecule has 8 nitrogen and oxygen atoms in total. The second kappa shape index (κ2) is 8.04. The van der Waals surface area contributed by atoms with Gasteiger partial charge in [-0.05, 0) is 43.7 Å². The zero-order valence-electron chi connectivity index (χ0n) is 19.6. The molecule has 2 aliphatic rings. The summed E-state index contributed by atoms with van der Waals surface area (Å²) >= 11 is 0. The summed E-state index contributed by atoms with van der Waals surface area (Å²) < 4.78 is 16.1. The fourth-order valence-corrected chi connectivity index (χ4v) is 5.17. The van der Waals surface area contributed by atoms with Crippen LogP contribution in [-0.4, -0.2) is 53.9 Å². The molecule has 35 heavy (non-hydrogen) atoms. The van der Waals surface area contributed by atoms with Crippen LogP contribution in [0.1, 0.15) is 50.4 Å². The highest BCUT2D eigenvalue weighted by molar-refractivity contribution is 6.00. The van der Waals surface area contributed by atoms with Crippen molar-refractivity contribution in [1.82, 2.24) is 29.5 Å². The largest absolute Gasteiger partial charge is 0.348 e. The van der Waals surface area contributed by atoms with Crippen molar-refractivity contribution < 1.29 is 14.0 Å². The minimum atomic E-state index is -0.386. The number of H-pyrrole nitrogens is 1. The van der Waals surface area contributed by atoms with Crippen molar-refractivity contribution in [1.29, 1.82) is 0 Å². The summed E-state index contributed by atoms with van der Waals surface area (Å²) in [5.74, 6) is -0.699. The number of amides is 2. The molecule has 0 saturated heterocycles. The molecule has 0 bridgehead atoms. The predicted octanol–water partition coefficient (Wildman–Crippen LogP) is 3.45. The molecule has 2 aliphatic heterocycles. The Morgan fingerprint density at radius 3 is 2.86 bits per heavy atom. The number of fused-ring (bicyclic) bond motifs is 4. The number of benzene rings is 1. The molecule has 1 N–H and O–H groups in total. The molecule has 0 spiro atoms. The fraction of sp³-hybridized carbons (Fsp3) is 0.308. The summed E-state index contributed by atoms with van der Waals surface area (Å²) in [5.41, 5.74) is 4.61. The molecule has 0 radical (unpaired) electrons. The highest BCUT2D eigenvalue weighted by Gasteiger charge is 2.37. The third-order valence-electron chi connectivity index (χ3n) is 7.09. The van der Waals surface area contributed by atoms with Gasteiger partial charge in [0.15, 0.2) is 0 Å². The van der Waals surface area contributed by atoms with Crippen LogP contribution in [0.2, 0.25) is 0 Å². The van der Waals surface area contributed by atoms with Gasteiger partial charge in [0.2, 0.25) is 0 Å². The molecular formula is C26H25FN6O2. The zero-order chi connectivity index (χ0) is 24.3. The van der Waals surface area contributed by atoms with Gasteiger partial charge in [0.25, 0.3) is 11.8 Å². The van der Waals surface area contributed by atoms with E-state index in [0.29, 0.717) is 48.3 Å². The molecule has 5 heterocycles. The van der Waals surface area contributed by atoms with Crippen LogP contribution in [-0.2, 0) is 26.1 Å². The van der Waals surface area contributed by atoms with Crippen molar-refractivity contribution >= 4 is 22.7 Å². The molecule has 2 amide bonds. The van der Waals surface area contributed by atoms with E-state index in [1.165, 1.54) is 6.07 Å². The minimum absolute atomic E-state index is 0.0964. The van der Waals surface area contributed by atoms with E-state index in [0.717, 1.165) is 22.5 Å². The van der Waals surface area contributed by atoms with Gasteiger partial charge in [-0.2, -0.15) is 5.10 Å². The monoisotopic (exact) mass is 472 g/mol. The van der Waals surface area contributed by atoms with Crippen molar-refractivity contribution in [3.8, 4) is 0 Å².